The molecule has 0 spiro atoms. The SMILES string of the molecule is O=C(Oc1cccc2ccccc12)C(F)(F)S(=O)(=O)NS(=O)(=O)C(F)(F)C(=O)Oc1cccc2ccccc12. The first-order valence-corrected chi connectivity index (χ1v) is 13.6. The van der Waals surface area contributed by atoms with Gasteiger partial charge in [-0.1, -0.05) is 76.9 Å². The average Bonchev–Trinajstić information content (AvgIpc) is 2.88. The second kappa shape index (κ2) is 9.91. The molecule has 4 rings (SSSR count). The van der Waals surface area contributed by atoms with E-state index in [0.717, 1.165) is 12.1 Å². The maximum atomic E-state index is 14.6. The van der Waals surface area contributed by atoms with E-state index < -0.39 is 54.0 Å². The highest BCUT2D eigenvalue weighted by molar-refractivity contribution is 8.06. The number of hydrogen-bond donors (Lipinski definition) is 1. The van der Waals surface area contributed by atoms with E-state index in [-0.39, 0.29) is 14.9 Å². The Bertz CT molecular complexity index is 1680. The summed E-state index contributed by atoms with van der Waals surface area (Å²) < 4.78 is 116. The van der Waals surface area contributed by atoms with E-state index in [2.05, 4.69) is 9.47 Å². The number of alkyl halides is 4. The predicted octanol–water partition coefficient (Wildman–Crippen LogP) is 3.94. The number of fused-ring (bicyclic) bond motifs is 2. The average molecular weight is 586 g/mol. The summed E-state index contributed by atoms with van der Waals surface area (Å²) in [6.07, 6.45) is 0. The fourth-order valence-electron chi connectivity index (χ4n) is 3.36. The summed E-state index contributed by atoms with van der Waals surface area (Å²) in [6, 6.07) is 19.6. The third-order valence-corrected chi connectivity index (χ3v) is 8.71. The van der Waals surface area contributed by atoms with Gasteiger partial charge in [-0.15, -0.1) is 0 Å². The van der Waals surface area contributed by atoms with Crippen molar-refractivity contribution in [2.45, 2.75) is 10.5 Å². The van der Waals surface area contributed by atoms with Crippen LogP contribution in [-0.2, 0) is 29.6 Å². The fourth-order valence-corrected chi connectivity index (χ4v) is 5.87. The summed E-state index contributed by atoms with van der Waals surface area (Å²) in [5, 5.41) is -10.3. The Morgan fingerprint density at radius 2 is 0.897 bits per heavy atom. The van der Waals surface area contributed by atoms with Gasteiger partial charge in [0.25, 0.3) is 0 Å². The molecule has 0 aliphatic rings. The highest BCUT2D eigenvalue weighted by Crippen LogP contribution is 2.33. The molecule has 0 saturated heterocycles. The zero-order valence-electron chi connectivity index (χ0n) is 19.2. The molecule has 0 heterocycles. The maximum absolute atomic E-state index is 14.6. The highest BCUT2D eigenvalue weighted by Gasteiger charge is 2.62. The molecule has 0 fully saturated rings. The van der Waals surface area contributed by atoms with E-state index in [4.69, 9.17) is 0 Å². The Labute approximate surface area is 218 Å². The van der Waals surface area contributed by atoms with Gasteiger partial charge in [0.2, 0.25) is 0 Å². The minimum atomic E-state index is -6.75. The van der Waals surface area contributed by atoms with Gasteiger partial charge < -0.3 is 9.47 Å². The van der Waals surface area contributed by atoms with Gasteiger partial charge in [-0.3, -0.25) is 0 Å². The second-order valence-electron chi connectivity index (χ2n) is 7.86. The summed E-state index contributed by atoms with van der Waals surface area (Å²) >= 11 is 0. The van der Waals surface area contributed by atoms with Crippen molar-refractivity contribution < 1.29 is 53.5 Å². The van der Waals surface area contributed by atoms with Gasteiger partial charge >= 0.3 is 42.5 Å². The van der Waals surface area contributed by atoms with Crippen LogP contribution in [0.2, 0.25) is 0 Å². The molecule has 0 saturated carbocycles. The van der Waals surface area contributed by atoms with Gasteiger partial charge in [0.15, 0.2) is 0 Å². The lowest BCUT2D eigenvalue weighted by atomic mass is 10.1. The molecule has 4 aromatic carbocycles. The van der Waals surface area contributed by atoms with Crippen molar-refractivity contribution in [2.24, 2.45) is 0 Å². The lowest BCUT2D eigenvalue weighted by molar-refractivity contribution is -0.150. The number of benzene rings is 4. The highest BCUT2D eigenvalue weighted by atomic mass is 32.3. The van der Waals surface area contributed by atoms with E-state index >= 15 is 0 Å². The molecular formula is C24H15F4NO8S2. The van der Waals surface area contributed by atoms with Crippen molar-refractivity contribution in [3.8, 4) is 11.5 Å². The summed E-state index contributed by atoms with van der Waals surface area (Å²) in [7, 11) is -13.5. The second-order valence-corrected chi connectivity index (χ2v) is 11.6. The van der Waals surface area contributed by atoms with Gasteiger partial charge in [0.1, 0.15) is 11.5 Å². The first-order chi connectivity index (χ1) is 18.2. The first-order valence-electron chi connectivity index (χ1n) is 10.6. The van der Waals surface area contributed by atoms with Crippen LogP contribution in [0, 0.1) is 0 Å². The van der Waals surface area contributed by atoms with Crippen LogP contribution >= 0.6 is 0 Å². The normalized spacial score (nSPS) is 12.8. The molecule has 0 atom stereocenters. The first kappa shape index (κ1) is 27.9. The Morgan fingerprint density at radius 3 is 1.28 bits per heavy atom. The van der Waals surface area contributed by atoms with Crippen molar-refractivity contribution in [1.29, 1.82) is 0 Å². The van der Waals surface area contributed by atoms with Gasteiger partial charge in [-0.05, 0) is 22.9 Å². The molecule has 0 unspecified atom stereocenters. The van der Waals surface area contributed by atoms with Crippen molar-refractivity contribution in [3.05, 3.63) is 84.9 Å². The standard InChI is InChI=1S/C24H15F4NO8S2/c25-23(26,21(30)36-19-13-5-9-15-7-1-3-11-17(15)19)38(32,33)29-39(34,35)24(27,28)22(31)37-20-14-6-10-16-8-2-4-12-18(16)20/h1-14,29H. The van der Waals surface area contributed by atoms with Gasteiger partial charge in [0.05, 0.1) is 0 Å². The van der Waals surface area contributed by atoms with Gasteiger partial charge in [-0.25, -0.2) is 26.4 Å². The zero-order valence-corrected chi connectivity index (χ0v) is 20.8. The van der Waals surface area contributed by atoms with Gasteiger partial charge in [-0.2, -0.15) is 17.6 Å². The molecule has 39 heavy (non-hydrogen) atoms. The molecule has 0 aliphatic carbocycles. The molecule has 204 valence electrons. The Morgan fingerprint density at radius 1 is 0.564 bits per heavy atom. The van der Waals surface area contributed by atoms with E-state index in [1.165, 1.54) is 60.7 Å². The molecule has 0 radical (unpaired) electrons. The number of nitrogens with one attached hydrogen (secondary N) is 1. The predicted molar refractivity (Wildman–Crippen MR) is 130 cm³/mol. The largest absolute Gasteiger partial charge is 0.455 e. The number of rotatable bonds is 8. The van der Waals surface area contributed by atoms with Crippen LogP contribution in [0.15, 0.2) is 84.9 Å². The van der Waals surface area contributed by atoms with Crippen LogP contribution in [0.1, 0.15) is 0 Å². The van der Waals surface area contributed by atoms with Crippen molar-refractivity contribution in [3.63, 3.8) is 0 Å². The fraction of sp³-hybridized carbons (Fsp3) is 0.0833. The molecule has 0 amide bonds. The third kappa shape index (κ3) is 5.15. The third-order valence-electron chi connectivity index (χ3n) is 5.27. The quantitative estimate of drug-likeness (QED) is 0.187. The molecule has 9 nitrogen and oxygen atoms in total. The topological polar surface area (TPSA) is 133 Å². The number of halogens is 4. The van der Waals surface area contributed by atoms with Crippen LogP contribution in [0.3, 0.4) is 0 Å². The zero-order chi connectivity index (χ0) is 28.6. The summed E-state index contributed by atoms with van der Waals surface area (Å²) in [5.74, 6) is -6.61. The number of esters is 2. The Balaban J connectivity index is 1.57. The molecule has 4 aromatic rings. The number of sulfonamides is 2. The van der Waals surface area contributed by atoms with E-state index in [1.54, 1.807) is 12.1 Å². The number of ether oxygens (including phenoxy) is 2. The summed E-state index contributed by atoms with van der Waals surface area (Å²) in [5.41, 5.74) is 0. The van der Waals surface area contributed by atoms with Gasteiger partial charge in [0, 0.05) is 10.8 Å². The summed E-state index contributed by atoms with van der Waals surface area (Å²) in [4.78, 5) is 24.2. The Kier molecular flexibility index (Phi) is 7.10. The minimum absolute atomic E-state index is 0.0637. The molecule has 15 heteroatoms. The number of hydrogen-bond acceptors (Lipinski definition) is 8. The van der Waals surface area contributed by atoms with Crippen molar-refractivity contribution in [2.75, 3.05) is 0 Å². The van der Waals surface area contributed by atoms with Crippen LogP contribution in [0.25, 0.3) is 21.5 Å². The van der Waals surface area contributed by atoms with Crippen molar-refractivity contribution in [1.82, 2.24) is 4.13 Å². The van der Waals surface area contributed by atoms with Crippen LogP contribution in [-0.4, -0.2) is 39.3 Å². The monoisotopic (exact) mass is 585 g/mol. The molecule has 0 aromatic heterocycles. The number of carbonyl (C=O) groups is 2. The van der Waals surface area contributed by atoms with E-state index in [9.17, 15) is 44.0 Å². The molecule has 0 bridgehead atoms. The Hall–Kier alpha value is -4.08. The molecule has 0 aliphatic heterocycles. The number of carbonyl (C=O) groups excluding carboxylic acids is 2. The lowest BCUT2D eigenvalue weighted by Gasteiger charge is -2.20. The summed E-state index contributed by atoms with van der Waals surface area (Å²) in [6.45, 7) is 0. The van der Waals surface area contributed by atoms with E-state index in [0.29, 0.717) is 10.8 Å². The smallest absolute Gasteiger partial charge is 0.421 e. The van der Waals surface area contributed by atoms with Crippen LogP contribution in [0.4, 0.5) is 17.6 Å². The van der Waals surface area contributed by atoms with Crippen LogP contribution in [0.5, 0.6) is 11.5 Å². The lowest BCUT2D eigenvalue weighted by Crippen LogP contribution is -2.55. The van der Waals surface area contributed by atoms with E-state index in [1.807, 2.05) is 0 Å². The minimum Gasteiger partial charge on any atom is -0.421 e. The molecule has 1 N–H and O–H groups in total. The maximum Gasteiger partial charge on any atom is 0.455 e. The van der Waals surface area contributed by atoms with Crippen molar-refractivity contribution >= 4 is 53.5 Å². The molecular weight excluding hydrogens is 570 g/mol. The van der Waals surface area contributed by atoms with Crippen LogP contribution < -0.4 is 13.6 Å².